The molecule has 5 atom stereocenters. The number of anilines is 1. The molecule has 0 spiro atoms. The second kappa shape index (κ2) is 17.4. The maximum absolute atomic E-state index is 14.8. The quantitative estimate of drug-likeness (QED) is 0.140. The summed E-state index contributed by atoms with van der Waals surface area (Å²) in [5, 5.41) is 20.2. The number of hydrogen-bond donors (Lipinski definition) is 5. The number of esters is 1. The van der Waals surface area contributed by atoms with E-state index in [4.69, 9.17) is 15.2 Å². The van der Waals surface area contributed by atoms with Crippen LogP contribution in [0.5, 0.6) is 0 Å². The Morgan fingerprint density at radius 1 is 1.00 bits per heavy atom. The number of benzene rings is 2. The third-order valence-corrected chi connectivity index (χ3v) is 9.63. The van der Waals surface area contributed by atoms with Crippen LogP contribution in [0.2, 0.25) is 0 Å². The van der Waals surface area contributed by atoms with E-state index >= 15 is 0 Å². The molecule has 2 fully saturated rings. The highest BCUT2D eigenvalue weighted by Gasteiger charge is 2.62. The minimum absolute atomic E-state index is 0.0165. The summed E-state index contributed by atoms with van der Waals surface area (Å²) < 4.78 is 11.3. The molecule has 2 saturated heterocycles. The van der Waals surface area contributed by atoms with Gasteiger partial charge in [0.1, 0.15) is 17.3 Å². The Hall–Kier alpha value is -5.45. The van der Waals surface area contributed by atoms with Crippen LogP contribution in [0, 0.1) is 0 Å². The smallest absolute Gasteiger partial charge is 0.417 e. The SMILES string of the molecule is CC(C)(C)OC(=O)N(C(=O)CN)C1CN[C@H](C(=O)N2C[C@H](NC(=O)[C@H](O)CCc3ccccc3)C[C@]2(C(=O)Nc2cnc3ccccc3c2)C(=O)OC(C)(C)C)C1. The summed E-state index contributed by atoms with van der Waals surface area (Å²) in [7, 11) is 0. The lowest BCUT2D eigenvalue weighted by atomic mass is 9.91. The molecule has 0 bridgehead atoms. The molecular formula is C41H53N7O9. The molecule has 1 unspecified atom stereocenters. The summed E-state index contributed by atoms with van der Waals surface area (Å²) in [6.07, 6.45) is -0.926. The third kappa shape index (κ3) is 10.3. The van der Waals surface area contributed by atoms with E-state index in [0.29, 0.717) is 17.3 Å². The van der Waals surface area contributed by atoms with Gasteiger partial charge >= 0.3 is 12.1 Å². The van der Waals surface area contributed by atoms with Gasteiger partial charge in [-0.05, 0) is 78.5 Å². The lowest BCUT2D eigenvalue weighted by Gasteiger charge is -2.37. The van der Waals surface area contributed by atoms with Crippen molar-refractivity contribution in [3.8, 4) is 0 Å². The number of nitrogens with zero attached hydrogens (tertiary/aromatic N) is 3. The van der Waals surface area contributed by atoms with Crippen molar-refractivity contribution in [2.75, 3.05) is 25.0 Å². The zero-order valence-corrected chi connectivity index (χ0v) is 33.2. The summed E-state index contributed by atoms with van der Waals surface area (Å²) in [6, 6.07) is 15.3. The van der Waals surface area contributed by atoms with E-state index in [0.717, 1.165) is 15.4 Å². The van der Waals surface area contributed by atoms with Crippen LogP contribution in [-0.4, -0.2) is 116 Å². The lowest BCUT2D eigenvalue weighted by molar-refractivity contribution is -0.174. The van der Waals surface area contributed by atoms with Crippen molar-refractivity contribution < 1.29 is 43.3 Å². The first-order chi connectivity index (χ1) is 26.8. The van der Waals surface area contributed by atoms with Crippen LogP contribution in [0.3, 0.4) is 0 Å². The molecular weight excluding hydrogens is 734 g/mol. The Kier molecular flexibility index (Phi) is 13.0. The molecule has 3 aromatic rings. The second-order valence-corrected chi connectivity index (χ2v) is 16.4. The van der Waals surface area contributed by atoms with Gasteiger partial charge in [-0.15, -0.1) is 0 Å². The summed E-state index contributed by atoms with van der Waals surface area (Å²) in [5.41, 5.74) is 3.12. The number of likely N-dealkylation sites (tertiary alicyclic amines) is 1. The Balaban J connectivity index is 1.48. The van der Waals surface area contributed by atoms with Crippen molar-refractivity contribution in [3.63, 3.8) is 0 Å². The highest BCUT2D eigenvalue weighted by Crippen LogP contribution is 2.36. The van der Waals surface area contributed by atoms with Gasteiger partial charge in [0.2, 0.25) is 23.3 Å². The van der Waals surface area contributed by atoms with Gasteiger partial charge in [-0.2, -0.15) is 0 Å². The number of ether oxygens (including phenoxy) is 2. The van der Waals surface area contributed by atoms with Crippen molar-refractivity contribution in [1.82, 2.24) is 25.4 Å². The monoisotopic (exact) mass is 787 g/mol. The number of aliphatic hydroxyl groups is 1. The first-order valence-electron chi connectivity index (χ1n) is 19.0. The fraction of sp³-hybridized carbons (Fsp3) is 0.488. The number of rotatable bonds is 11. The average Bonchev–Trinajstić information content (AvgIpc) is 3.79. The van der Waals surface area contributed by atoms with Crippen LogP contribution in [0.4, 0.5) is 10.5 Å². The van der Waals surface area contributed by atoms with Crippen LogP contribution in [-0.2, 0) is 39.9 Å². The maximum Gasteiger partial charge on any atom is 0.417 e. The molecule has 0 saturated carbocycles. The highest BCUT2D eigenvalue weighted by molar-refractivity contribution is 6.16. The van der Waals surface area contributed by atoms with Gasteiger partial charge in [0, 0.05) is 30.9 Å². The minimum Gasteiger partial charge on any atom is -0.458 e. The van der Waals surface area contributed by atoms with E-state index in [1.54, 1.807) is 59.7 Å². The lowest BCUT2D eigenvalue weighted by Crippen LogP contribution is -2.64. The number of carbonyl (C=O) groups excluding carboxylic acids is 6. The average molecular weight is 788 g/mol. The van der Waals surface area contributed by atoms with Gasteiger partial charge in [-0.1, -0.05) is 48.5 Å². The molecule has 3 heterocycles. The summed E-state index contributed by atoms with van der Waals surface area (Å²) in [4.78, 5) is 89.9. The molecule has 16 nitrogen and oxygen atoms in total. The third-order valence-electron chi connectivity index (χ3n) is 9.63. The molecule has 2 aliphatic heterocycles. The van der Waals surface area contributed by atoms with E-state index in [1.165, 1.54) is 6.20 Å². The fourth-order valence-corrected chi connectivity index (χ4v) is 7.05. The Labute approximate surface area is 331 Å². The standard InChI is InChI=1S/C41H53N7O9/c1-39(2,3)56-37(54)41(36(53)46-27-18-26-14-10-11-15-30(26)43-22-27)20-28(45-34(51)32(49)17-16-25-12-8-7-9-13-25)24-47(41)35(52)31-19-29(23-44-31)48(33(50)21-42)38(55)57-40(4,5)6/h7-15,18,22,28-29,31-32,44,49H,16-17,19-21,23-24,42H2,1-6H3,(H,45,51)(H,46,53)/t28-,29?,31+,32-,41+/m1/s1. The number of carbonyl (C=O) groups is 6. The molecule has 5 rings (SSSR count). The van der Waals surface area contributed by atoms with E-state index in [1.807, 2.05) is 42.5 Å². The number of pyridine rings is 1. The number of para-hydroxylation sites is 1. The molecule has 2 aliphatic rings. The first-order valence-corrected chi connectivity index (χ1v) is 19.0. The van der Waals surface area contributed by atoms with Gasteiger partial charge < -0.3 is 41.2 Å². The molecule has 57 heavy (non-hydrogen) atoms. The molecule has 0 radical (unpaired) electrons. The molecule has 2 aromatic carbocycles. The highest BCUT2D eigenvalue weighted by atomic mass is 16.6. The molecule has 5 amide bonds. The van der Waals surface area contributed by atoms with Crippen molar-refractivity contribution in [3.05, 3.63) is 72.4 Å². The van der Waals surface area contributed by atoms with Crippen LogP contribution in [0.15, 0.2) is 66.9 Å². The number of aryl methyl sites for hydroxylation is 1. The summed E-state index contributed by atoms with van der Waals surface area (Å²) >= 11 is 0. The number of aromatic nitrogens is 1. The predicted molar refractivity (Wildman–Crippen MR) is 210 cm³/mol. The van der Waals surface area contributed by atoms with Crippen LogP contribution in [0.1, 0.15) is 66.4 Å². The number of aliphatic hydroxyl groups excluding tert-OH is 1. The molecule has 16 heteroatoms. The molecule has 306 valence electrons. The molecule has 0 aliphatic carbocycles. The Morgan fingerprint density at radius 3 is 2.33 bits per heavy atom. The number of amides is 5. The maximum atomic E-state index is 14.8. The Morgan fingerprint density at radius 2 is 1.67 bits per heavy atom. The second-order valence-electron chi connectivity index (χ2n) is 16.4. The van der Waals surface area contributed by atoms with E-state index in [9.17, 15) is 33.9 Å². The summed E-state index contributed by atoms with van der Waals surface area (Å²) in [6.45, 7) is 8.98. The minimum atomic E-state index is -2.33. The topological polar surface area (TPSA) is 223 Å². The number of hydrogen-bond acceptors (Lipinski definition) is 12. The van der Waals surface area contributed by atoms with Crippen molar-refractivity contribution in [2.24, 2.45) is 5.73 Å². The van der Waals surface area contributed by atoms with Crippen LogP contribution < -0.4 is 21.7 Å². The zero-order valence-electron chi connectivity index (χ0n) is 33.2. The van der Waals surface area contributed by atoms with E-state index in [2.05, 4.69) is 20.9 Å². The van der Waals surface area contributed by atoms with Crippen molar-refractivity contribution in [1.29, 1.82) is 0 Å². The van der Waals surface area contributed by atoms with Crippen molar-refractivity contribution in [2.45, 2.75) is 108 Å². The van der Waals surface area contributed by atoms with Gasteiger partial charge in [0.05, 0.1) is 36.0 Å². The fourth-order valence-electron chi connectivity index (χ4n) is 7.05. The number of nitrogens with two attached hydrogens (primary N) is 1. The van der Waals surface area contributed by atoms with Crippen molar-refractivity contribution >= 4 is 52.3 Å². The van der Waals surface area contributed by atoms with Gasteiger partial charge in [-0.25, -0.2) is 14.5 Å². The molecule has 6 N–H and O–H groups in total. The number of imide groups is 1. The van der Waals surface area contributed by atoms with Crippen LogP contribution in [0.25, 0.3) is 10.9 Å². The van der Waals surface area contributed by atoms with E-state index in [-0.39, 0.29) is 31.6 Å². The predicted octanol–water partition coefficient (Wildman–Crippen LogP) is 2.42. The van der Waals surface area contributed by atoms with Gasteiger partial charge in [0.25, 0.3) is 5.91 Å². The normalized spacial score (nSPS) is 21.4. The summed E-state index contributed by atoms with van der Waals surface area (Å²) in [5.74, 6) is -4.13. The van der Waals surface area contributed by atoms with Gasteiger partial charge in [-0.3, -0.25) is 24.2 Å². The largest absolute Gasteiger partial charge is 0.458 e. The molecule has 1 aromatic heterocycles. The van der Waals surface area contributed by atoms with E-state index < -0.39 is 89.6 Å². The number of nitrogens with one attached hydrogen (secondary N) is 3. The Bertz CT molecular complexity index is 1980. The van der Waals surface area contributed by atoms with Gasteiger partial charge in [0.15, 0.2) is 0 Å². The number of fused-ring (bicyclic) bond motifs is 1. The zero-order chi connectivity index (χ0) is 41.7. The van der Waals surface area contributed by atoms with Crippen LogP contribution >= 0.6 is 0 Å². The first kappa shape index (κ1) is 42.7.